The van der Waals surface area contributed by atoms with Crippen LogP contribution in [-0.2, 0) is 16.4 Å². The minimum Gasteiger partial charge on any atom is -0.387 e. The van der Waals surface area contributed by atoms with Crippen LogP contribution in [0.3, 0.4) is 0 Å². The third-order valence-electron chi connectivity index (χ3n) is 3.56. The molecule has 1 aliphatic rings. The highest BCUT2D eigenvalue weighted by atomic mass is 32.2. The van der Waals surface area contributed by atoms with Crippen molar-refractivity contribution in [2.75, 3.05) is 26.4 Å². The Kier molecular flexibility index (Phi) is 4.25. The van der Waals surface area contributed by atoms with Gasteiger partial charge in [-0.25, -0.2) is 13.1 Å². The van der Waals surface area contributed by atoms with E-state index in [4.69, 9.17) is 0 Å². The van der Waals surface area contributed by atoms with Gasteiger partial charge in [-0.15, -0.1) is 0 Å². The molecule has 2 rings (SSSR count). The van der Waals surface area contributed by atoms with Gasteiger partial charge in [0, 0.05) is 19.1 Å². The number of hydrogen-bond acceptors (Lipinski definition) is 4. The van der Waals surface area contributed by atoms with E-state index in [1.54, 1.807) is 0 Å². The second kappa shape index (κ2) is 5.58. The van der Waals surface area contributed by atoms with E-state index in [0.29, 0.717) is 13.1 Å². The molecule has 0 fully saturated rings. The van der Waals surface area contributed by atoms with Crippen LogP contribution >= 0.6 is 0 Å². The van der Waals surface area contributed by atoms with Crippen molar-refractivity contribution >= 4 is 10.0 Å². The van der Waals surface area contributed by atoms with E-state index in [9.17, 15) is 13.5 Å². The molecule has 1 aromatic carbocycles. The van der Waals surface area contributed by atoms with Crippen molar-refractivity contribution in [3.8, 4) is 0 Å². The molecule has 0 aromatic heterocycles. The van der Waals surface area contributed by atoms with Gasteiger partial charge in [-0.1, -0.05) is 24.3 Å². The van der Waals surface area contributed by atoms with Gasteiger partial charge in [0.2, 0.25) is 10.0 Å². The Bertz CT molecular complexity index is 545. The molecule has 5 nitrogen and oxygen atoms in total. The molecule has 1 aromatic rings. The number of sulfonamides is 1. The number of aliphatic hydroxyl groups is 1. The predicted octanol–water partition coefficient (Wildman–Crippen LogP) is 0.126. The van der Waals surface area contributed by atoms with E-state index in [1.165, 1.54) is 5.56 Å². The van der Waals surface area contributed by atoms with E-state index in [1.807, 2.05) is 36.2 Å². The molecule has 0 heterocycles. The van der Waals surface area contributed by atoms with Gasteiger partial charge >= 0.3 is 0 Å². The number of nitrogens with zero attached hydrogens (tertiary/aromatic N) is 1. The van der Waals surface area contributed by atoms with Crippen LogP contribution in [0, 0.1) is 0 Å². The number of fused-ring (bicyclic) bond motifs is 1. The first-order valence-electron chi connectivity index (χ1n) is 6.29. The van der Waals surface area contributed by atoms with E-state index in [0.717, 1.165) is 18.2 Å². The maximum absolute atomic E-state index is 11.0. The molecule has 6 heteroatoms. The number of benzene rings is 1. The molecule has 19 heavy (non-hydrogen) atoms. The Morgan fingerprint density at radius 1 is 1.42 bits per heavy atom. The maximum atomic E-state index is 11.0. The normalized spacial score (nSPS) is 22.7. The molecule has 0 spiro atoms. The molecule has 0 saturated carbocycles. The lowest BCUT2D eigenvalue weighted by atomic mass is 10.1. The summed E-state index contributed by atoms with van der Waals surface area (Å²) >= 11 is 0. The lowest BCUT2D eigenvalue weighted by molar-refractivity contribution is 0.0773. The molecule has 106 valence electrons. The number of hydrogen-bond donors (Lipinski definition) is 2. The van der Waals surface area contributed by atoms with Crippen LogP contribution in [0.4, 0.5) is 0 Å². The summed E-state index contributed by atoms with van der Waals surface area (Å²) in [6, 6.07) is 7.89. The topological polar surface area (TPSA) is 69.6 Å². The number of likely N-dealkylation sites (N-methyl/N-ethyl adjacent to an activating group) is 1. The van der Waals surface area contributed by atoms with Crippen LogP contribution < -0.4 is 4.72 Å². The second-order valence-corrected chi connectivity index (χ2v) is 6.90. The monoisotopic (exact) mass is 284 g/mol. The van der Waals surface area contributed by atoms with Gasteiger partial charge in [0.1, 0.15) is 0 Å². The zero-order chi connectivity index (χ0) is 14.0. The van der Waals surface area contributed by atoms with Gasteiger partial charge in [0.15, 0.2) is 0 Å². The highest BCUT2D eigenvalue weighted by Gasteiger charge is 2.32. The van der Waals surface area contributed by atoms with Gasteiger partial charge in [0.25, 0.3) is 0 Å². The van der Waals surface area contributed by atoms with E-state index in [2.05, 4.69) is 4.72 Å². The van der Waals surface area contributed by atoms with E-state index >= 15 is 0 Å². The fourth-order valence-corrected chi connectivity index (χ4v) is 2.99. The van der Waals surface area contributed by atoms with Crippen molar-refractivity contribution in [1.82, 2.24) is 9.62 Å². The number of aliphatic hydroxyl groups excluding tert-OH is 1. The summed E-state index contributed by atoms with van der Waals surface area (Å²) in [5.74, 6) is 0. The molecular formula is C13H20N2O3S. The van der Waals surface area contributed by atoms with Crippen LogP contribution in [0.25, 0.3) is 0 Å². The summed E-state index contributed by atoms with van der Waals surface area (Å²) in [6.45, 7) is 0.928. The standard InChI is InChI=1S/C13H20N2O3S/c1-15(8-7-14-19(2,17)18)12-9-10-5-3-4-6-11(10)13(12)16/h3-6,12-14,16H,7-9H2,1-2H3/t12-,13-/m0/s1. The second-order valence-electron chi connectivity index (χ2n) is 5.06. The summed E-state index contributed by atoms with van der Waals surface area (Å²) in [4.78, 5) is 2.00. The van der Waals surface area contributed by atoms with Crippen molar-refractivity contribution < 1.29 is 13.5 Å². The van der Waals surface area contributed by atoms with Gasteiger partial charge in [-0.3, -0.25) is 4.90 Å². The molecule has 0 saturated heterocycles. The Hall–Kier alpha value is -0.950. The maximum Gasteiger partial charge on any atom is 0.208 e. The van der Waals surface area contributed by atoms with Crippen molar-refractivity contribution in [2.45, 2.75) is 18.6 Å². The summed E-state index contributed by atoms with van der Waals surface area (Å²) in [5.41, 5.74) is 2.15. The molecule has 2 N–H and O–H groups in total. The van der Waals surface area contributed by atoms with Gasteiger partial charge in [-0.05, 0) is 24.6 Å². The minimum atomic E-state index is -3.15. The van der Waals surface area contributed by atoms with Crippen molar-refractivity contribution in [3.05, 3.63) is 35.4 Å². The van der Waals surface area contributed by atoms with E-state index in [-0.39, 0.29) is 6.04 Å². The average molecular weight is 284 g/mol. The SMILES string of the molecule is CN(CCNS(C)(=O)=O)[C@H]1Cc2ccccc2[C@@H]1O. The van der Waals surface area contributed by atoms with Crippen LogP contribution in [0.5, 0.6) is 0 Å². The third kappa shape index (κ3) is 3.54. The highest BCUT2D eigenvalue weighted by molar-refractivity contribution is 7.88. The molecular weight excluding hydrogens is 264 g/mol. The molecule has 0 amide bonds. The first-order valence-corrected chi connectivity index (χ1v) is 8.18. The Labute approximate surface area is 114 Å². The Balaban J connectivity index is 1.94. The van der Waals surface area contributed by atoms with Gasteiger partial charge in [0.05, 0.1) is 12.4 Å². The fourth-order valence-electron chi connectivity index (χ4n) is 2.52. The zero-order valence-corrected chi connectivity index (χ0v) is 12.0. The van der Waals surface area contributed by atoms with Crippen molar-refractivity contribution in [3.63, 3.8) is 0 Å². The molecule has 1 aliphatic carbocycles. The quantitative estimate of drug-likeness (QED) is 0.806. The molecule has 0 aliphatic heterocycles. The molecule has 0 bridgehead atoms. The first-order chi connectivity index (χ1) is 8.88. The lowest BCUT2D eigenvalue weighted by Crippen LogP contribution is -2.40. The highest BCUT2D eigenvalue weighted by Crippen LogP contribution is 2.33. The smallest absolute Gasteiger partial charge is 0.208 e. The number of nitrogens with one attached hydrogen (secondary N) is 1. The Morgan fingerprint density at radius 2 is 2.11 bits per heavy atom. The Morgan fingerprint density at radius 3 is 2.74 bits per heavy atom. The van der Waals surface area contributed by atoms with Crippen LogP contribution in [0.1, 0.15) is 17.2 Å². The predicted molar refractivity (Wildman–Crippen MR) is 74.4 cm³/mol. The third-order valence-corrected chi connectivity index (χ3v) is 4.29. The summed E-state index contributed by atoms with van der Waals surface area (Å²) < 4.78 is 24.5. The zero-order valence-electron chi connectivity index (χ0n) is 11.2. The molecule has 2 atom stereocenters. The van der Waals surface area contributed by atoms with Crippen molar-refractivity contribution in [1.29, 1.82) is 0 Å². The van der Waals surface area contributed by atoms with Crippen LogP contribution in [0.2, 0.25) is 0 Å². The number of rotatable bonds is 5. The first kappa shape index (κ1) is 14.5. The molecule has 0 unspecified atom stereocenters. The van der Waals surface area contributed by atoms with Gasteiger partial charge in [-0.2, -0.15) is 0 Å². The lowest BCUT2D eigenvalue weighted by Gasteiger charge is -2.27. The summed E-state index contributed by atoms with van der Waals surface area (Å²) in [5, 5.41) is 10.3. The van der Waals surface area contributed by atoms with Crippen molar-refractivity contribution in [2.24, 2.45) is 0 Å². The minimum absolute atomic E-state index is 0.0127. The van der Waals surface area contributed by atoms with E-state index < -0.39 is 16.1 Å². The summed E-state index contributed by atoms with van der Waals surface area (Å²) in [7, 11) is -1.24. The largest absolute Gasteiger partial charge is 0.387 e. The average Bonchev–Trinajstić information content (AvgIpc) is 2.66. The summed E-state index contributed by atoms with van der Waals surface area (Å²) in [6.07, 6.45) is 1.44. The fraction of sp³-hybridized carbons (Fsp3) is 0.538. The van der Waals surface area contributed by atoms with Crippen LogP contribution in [0.15, 0.2) is 24.3 Å². The van der Waals surface area contributed by atoms with Gasteiger partial charge < -0.3 is 5.11 Å². The van der Waals surface area contributed by atoms with Crippen LogP contribution in [-0.4, -0.2) is 50.9 Å². The molecule has 0 radical (unpaired) electrons.